The molecule has 0 aliphatic carbocycles. The second kappa shape index (κ2) is 6.13. The highest BCUT2D eigenvalue weighted by Crippen LogP contribution is 2.37. The number of carbonyl (C=O) groups is 2. The molecule has 0 atom stereocenters. The molecule has 3 rings (SSSR count). The Kier molecular flexibility index (Phi) is 4.30. The summed E-state index contributed by atoms with van der Waals surface area (Å²) in [5, 5.41) is 11.2. The molecule has 0 fully saturated rings. The van der Waals surface area contributed by atoms with Crippen molar-refractivity contribution in [3.8, 4) is 0 Å². The van der Waals surface area contributed by atoms with E-state index in [9.17, 15) is 14.7 Å². The molecule has 2 aromatic rings. The van der Waals surface area contributed by atoms with Gasteiger partial charge in [-0.2, -0.15) is 0 Å². The van der Waals surface area contributed by atoms with Crippen molar-refractivity contribution in [2.75, 3.05) is 4.90 Å². The molecule has 0 unspecified atom stereocenters. The summed E-state index contributed by atoms with van der Waals surface area (Å²) in [5.41, 5.74) is 0.932. The number of anilines is 1. The Morgan fingerprint density at radius 1 is 0.958 bits per heavy atom. The summed E-state index contributed by atoms with van der Waals surface area (Å²) in [6.45, 7) is 1.68. The van der Waals surface area contributed by atoms with Crippen molar-refractivity contribution < 1.29 is 14.7 Å². The molecule has 0 radical (unpaired) electrons. The van der Waals surface area contributed by atoms with E-state index in [1.807, 2.05) is 0 Å². The first-order valence-electron chi connectivity index (χ1n) is 6.85. The molecule has 24 heavy (non-hydrogen) atoms. The minimum Gasteiger partial charge on any atom is -0.502 e. The van der Waals surface area contributed by atoms with Gasteiger partial charge in [-0.3, -0.25) is 9.59 Å². The largest absolute Gasteiger partial charge is 0.502 e. The Balaban J connectivity index is 2.13. The average molecular weight is 383 g/mol. The first kappa shape index (κ1) is 16.8. The van der Waals surface area contributed by atoms with Crippen LogP contribution in [0.1, 0.15) is 11.1 Å². The zero-order chi connectivity index (χ0) is 17.6. The molecule has 0 bridgehead atoms. The molecular weight excluding hydrogens is 373 g/mol. The SMILES string of the molecule is Cc1c(Cl)cccc1N1C(=O)C(O)=C(c2ccc(Cl)cc2Cl)C1=O. The second-order valence-electron chi connectivity index (χ2n) is 5.18. The van der Waals surface area contributed by atoms with E-state index < -0.39 is 17.6 Å². The summed E-state index contributed by atoms with van der Waals surface area (Å²) in [4.78, 5) is 26.1. The molecule has 0 spiro atoms. The van der Waals surface area contributed by atoms with Crippen LogP contribution in [0.4, 0.5) is 5.69 Å². The van der Waals surface area contributed by atoms with E-state index in [0.29, 0.717) is 21.3 Å². The van der Waals surface area contributed by atoms with E-state index in [1.54, 1.807) is 25.1 Å². The lowest BCUT2D eigenvalue weighted by atomic mass is 10.1. The van der Waals surface area contributed by atoms with Crippen molar-refractivity contribution in [2.45, 2.75) is 6.92 Å². The molecule has 4 nitrogen and oxygen atoms in total. The average Bonchev–Trinajstić information content (AvgIpc) is 2.74. The van der Waals surface area contributed by atoms with Gasteiger partial charge in [-0.05, 0) is 36.8 Å². The van der Waals surface area contributed by atoms with E-state index in [0.717, 1.165) is 4.90 Å². The number of nitrogens with zero attached hydrogens (tertiary/aromatic N) is 1. The number of hydrogen-bond donors (Lipinski definition) is 1. The standard InChI is InChI=1S/C17H10Cl3NO3/c1-8-11(19)3-2-4-13(8)21-16(23)14(15(22)17(21)24)10-6-5-9(18)7-12(10)20/h2-7,22H,1H3. The van der Waals surface area contributed by atoms with Crippen LogP contribution in [0.15, 0.2) is 42.2 Å². The third kappa shape index (κ3) is 2.57. The first-order valence-corrected chi connectivity index (χ1v) is 7.99. The zero-order valence-electron chi connectivity index (χ0n) is 12.3. The minimum absolute atomic E-state index is 0.162. The molecule has 2 aromatic carbocycles. The predicted molar refractivity (Wildman–Crippen MR) is 94.7 cm³/mol. The minimum atomic E-state index is -0.827. The monoisotopic (exact) mass is 381 g/mol. The summed E-state index contributed by atoms with van der Waals surface area (Å²) in [7, 11) is 0. The smallest absolute Gasteiger partial charge is 0.301 e. The topological polar surface area (TPSA) is 57.6 Å². The maximum absolute atomic E-state index is 12.8. The van der Waals surface area contributed by atoms with Crippen LogP contribution in [0, 0.1) is 6.92 Å². The van der Waals surface area contributed by atoms with Gasteiger partial charge in [-0.25, -0.2) is 4.90 Å². The summed E-state index contributed by atoms with van der Waals surface area (Å²) >= 11 is 18.0. The molecular formula is C17H10Cl3NO3. The Morgan fingerprint density at radius 3 is 2.33 bits per heavy atom. The lowest BCUT2D eigenvalue weighted by Crippen LogP contribution is -2.32. The van der Waals surface area contributed by atoms with Gasteiger partial charge in [-0.15, -0.1) is 0 Å². The Bertz CT molecular complexity index is 921. The number of halogens is 3. The van der Waals surface area contributed by atoms with Gasteiger partial charge in [0.1, 0.15) is 0 Å². The van der Waals surface area contributed by atoms with Gasteiger partial charge < -0.3 is 5.11 Å². The van der Waals surface area contributed by atoms with Crippen LogP contribution in [-0.2, 0) is 9.59 Å². The lowest BCUT2D eigenvalue weighted by molar-refractivity contribution is -0.121. The highest BCUT2D eigenvalue weighted by molar-refractivity contribution is 6.47. The fourth-order valence-corrected chi connectivity index (χ4v) is 3.18. The van der Waals surface area contributed by atoms with E-state index in [2.05, 4.69) is 0 Å². The van der Waals surface area contributed by atoms with Gasteiger partial charge in [-0.1, -0.05) is 46.9 Å². The highest BCUT2D eigenvalue weighted by atomic mass is 35.5. The summed E-state index contributed by atoms with van der Waals surface area (Å²) in [6.07, 6.45) is 0. The summed E-state index contributed by atoms with van der Waals surface area (Å²) in [5.74, 6) is -2.16. The maximum Gasteiger partial charge on any atom is 0.301 e. The molecule has 1 aliphatic heterocycles. The van der Waals surface area contributed by atoms with Crippen molar-refractivity contribution in [3.63, 3.8) is 0 Å². The van der Waals surface area contributed by atoms with Gasteiger partial charge in [0, 0.05) is 15.6 Å². The predicted octanol–water partition coefficient (Wildman–Crippen LogP) is 4.80. The second-order valence-corrected chi connectivity index (χ2v) is 6.43. The van der Waals surface area contributed by atoms with Gasteiger partial charge >= 0.3 is 5.91 Å². The van der Waals surface area contributed by atoms with Gasteiger partial charge in [0.2, 0.25) is 0 Å². The Morgan fingerprint density at radius 2 is 1.67 bits per heavy atom. The number of hydrogen-bond acceptors (Lipinski definition) is 3. The van der Waals surface area contributed by atoms with Crippen LogP contribution in [0.25, 0.3) is 5.57 Å². The quantitative estimate of drug-likeness (QED) is 0.759. The fourth-order valence-electron chi connectivity index (χ4n) is 2.51. The van der Waals surface area contributed by atoms with Crippen molar-refractivity contribution in [1.82, 2.24) is 0 Å². The van der Waals surface area contributed by atoms with E-state index in [-0.39, 0.29) is 16.2 Å². The van der Waals surface area contributed by atoms with Crippen molar-refractivity contribution in [3.05, 3.63) is 68.4 Å². The molecule has 0 saturated carbocycles. The molecule has 1 N–H and O–H groups in total. The van der Waals surface area contributed by atoms with E-state index >= 15 is 0 Å². The summed E-state index contributed by atoms with van der Waals surface area (Å²) in [6, 6.07) is 9.29. The number of imide groups is 1. The third-order valence-electron chi connectivity index (χ3n) is 3.74. The number of benzene rings is 2. The highest BCUT2D eigenvalue weighted by Gasteiger charge is 2.41. The van der Waals surface area contributed by atoms with Crippen LogP contribution in [0.5, 0.6) is 0 Å². The molecule has 0 aromatic heterocycles. The number of rotatable bonds is 2. The van der Waals surface area contributed by atoms with Crippen LogP contribution in [0.2, 0.25) is 15.1 Å². The number of aliphatic hydroxyl groups excluding tert-OH is 1. The molecule has 2 amide bonds. The molecule has 122 valence electrons. The number of amides is 2. The van der Waals surface area contributed by atoms with Crippen LogP contribution in [0.3, 0.4) is 0 Å². The van der Waals surface area contributed by atoms with E-state index in [4.69, 9.17) is 34.8 Å². The molecule has 0 saturated heterocycles. The van der Waals surface area contributed by atoms with Crippen molar-refractivity contribution in [2.24, 2.45) is 0 Å². The Hall–Kier alpha value is -2.01. The zero-order valence-corrected chi connectivity index (χ0v) is 14.6. The maximum atomic E-state index is 12.8. The van der Waals surface area contributed by atoms with Crippen molar-refractivity contribution in [1.29, 1.82) is 0 Å². The van der Waals surface area contributed by atoms with Gasteiger partial charge in [0.15, 0.2) is 5.76 Å². The van der Waals surface area contributed by atoms with Crippen LogP contribution in [-0.4, -0.2) is 16.9 Å². The molecule has 7 heteroatoms. The van der Waals surface area contributed by atoms with Gasteiger partial charge in [0.25, 0.3) is 5.91 Å². The third-order valence-corrected chi connectivity index (χ3v) is 4.70. The summed E-state index contributed by atoms with van der Waals surface area (Å²) < 4.78 is 0. The number of carbonyl (C=O) groups excluding carboxylic acids is 2. The van der Waals surface area contributed by atoms with Gasteiger partial charge in [0.05, 0.1) is 16.3 Å². The van der Waals surface area contributed by atoms with Crippen molar-refractivity contribution >= 4 is 57.9 Å². The van der Waals surface area contributed by atoms with Crippen LogP contribution < -0.4 is 4.90 Å². The molecule has 1 aliphatic rings. The first-order chi connectivity index (χ1) is 11.3. The van der Waals surface area contributed by atoms with E-state index in [1.165, 1.54) is 18.2 Å². The molecule has 1 heterocycles. The normalized spacial score (nSPS) is 14.8. The Labute approximate surface area is 152 Å². The van der Waals surface area contributed by atoms with Crippen LogP contribution >= 0.6 is 34.8 Å². The fraction of sp³-hybridized carbons (Fsp3) is 0.0588. The number of aliphatic hydroxyl groups is 1. The lowest BCUT2D eigenvalue weighted by Gasteiger charge is -2.17.